The van der Waals surface area contributed by atoms with Gasteiger partial charge in [0.25, 0.3) is 0 Å². The summed E-state index contributed by atoms with van der Waals surface area (Å²) >= 11 is 4.01. The molecule has 3 aliphatic rings. The van der Waals surface area contributed by atoms with Crippen LogP contribution in [0.25, 0.3) is 0 Å². The van der Waals surface area contributed by atoms with Gasteiger partial charge in [-0.15, -0.1) is 0 Å². The Morgan fingerprint density at radius 2 is 0.958 bits per heavy atom. The van der Waals surface area contributed by atoms with Crippen LogP contribution in [0.2, 0.25) is 0 Å². The third kappa shape index (κ3) is 3.83. The predicted molar refractivity (Wildman–Crippen MR) is 102 cm³/mol. The Hall–Kier alpha value is -0.930. The van der Waals surface area contributed by atoms with Crippen LogP contribution in [0.15, 0.2) is 0 Å². The first kappa shape index (κ1) is 16.5. The monoisotopic (exact) mass is 368 g/mol. The molecular weight excluding hydrogens is 344 g/mol. The van der Waals surface area contributed by atoms with Gasteiger partial charge in [-0.1, -0.05) is 0 Å². The van der Waals surface area contributed by atoms with Crippen molar-refractivity contribution in [2.75, 3.05) is 90.2 Å². The normalized spacial score (nSPS) is 22.8. The average molecular weight is 369 g/mol. The Bertz CT molecular complexity index is 456. The molecule has 0 aromatic carbocycles. The SMILES string of the molecule is C1CN(c2nc(N3CCSCC3)nc(N3CCSCC3)n2)CCO1. The minimum Gasteiger partial charge on any atom is -0.378 e. The number of hydrogen-bond acceptors (Lipinski definition) is 9. The van der Waals surface area contributed by atoms with Crippen LogP contribution in [0, 0.1) is 0 Å². The van der Waals surface area contributed by atoms with Crippen LogP contribution in [0.4, 0.5) is 17.8 Å². The zero-order chi connectivity index (χ0) is 16.2. The van der Waals surface area contributed by atoms with E-state index in [1.807, 2.05) is 23.5 Å². The van der Waals surface area contributed by atoms with Crippen molar-refractivity contribution in [1.82, 2.24) is 15.0 Å². The van der Waals surface area contributed by atoms with E-state index in [1.54, 1.807) is 0 Å². The van der Waals surface area contributed by atoms with Crippen molar-refractivity contribution in [2.24, 2.45) is 0 Å². The Morgan fingerprint density at radius 3 is 1.38 bits per heavy atom. The molecule has 0 radical (unpaired) electrons. The van der Waals surface area contributed by atoms with Gasteiger partial charge < -0.3 is 19.4 Å². The van der Waals surface area contributed by atoms with Crippen molar-refractivity contribution in [2.45, 2.75) is 0 Å². The summed E-state index contributed by atoms with van der Waals surface area (Å²) in [6, 6.07) is 0. The molecule has 1 aromatic heterocycles. The summed E-state index contributed by atoms with van der Waals surface area (Å²) in [7, 11) is 0. The molecule has 132 valence electrons. The summed E-state index contributed by atoms with van der Waals surface area (Å²) in [5.41, 5.74) is 0. The zero-order valence-corrected chi connectivity index (χ0v) is 15.5. The highest BCUT2D eigenvalue weighted by atomic mass is 32.2. The Balaban J connectivity index is 1.63. The maximum Gasteiger partial charge on any atom is 0.232 e. The minimum atomic E-state index is 0.747. The number of ether oxygens (including phenoxy) is 1. The van der Waals surface area contributed by atoms with Gasteiger partial charge in [-0.25, -0.2) is 0 Å². The van der Waals surface area contributed by atoms with Gasteiger partial charge in [0.1, 0.15) is 0 Å². The second-order valence-electron chi connectivity index (χ2n) is 6.03. The molecule has 1 aromatic rings. The third-order valence-corrected chi connectivity index (χ3v) is 6.37. The van der Waals surface area contributed by atoms with Crippen LogP contribution in [-0.2, 0) is 4.74 Å². The first-order chi connectivity index (χ1) is 11.9. The predicted octanol–water partition coefficient (Wildman–Crippen LogP) is 0.815. The molecule has 0 bridgehead atoms. The summed E-state index contributed by atoms with van der Waals surface area (Å²) < 4.78 is 5.48. The first-order valence-electron chi connectivity index (χ1n) is 8.64. The van der Waals surface area contributed by atoms with Crippen LogP contribution in [0.5, 0.6) is 0 Å². The van der Waals surface area contributed by atoms with Gasteiger partial charge in [0, 0.05) is 62.3 Å². The smallest absolute Gasteiger partial charge is 0.232 e. The van der Waals surface area contributed by atoms with E-state index in [1.165, 1.54) is 0 Å². The van der Waals surface area contributed by atoms with E-state index in [9.17, 15) is 0 Å². The van der Waals surface area contributed by atoms with Crippen molar-refractivity contribution in [3.05, 3.63) is 0 Å². The fourth-order valence-corrected chi connectivity index (χ4v) is 4.86. The van der Waals surface area contributed by atoms with Gasteiger partial charge >= 0.3 is 0 Å². The highest BCUT2D eigenvalue weighted by Gasteiger charge is 2.23. The van der Waals surface area contributed by atoms with Crippen LogP contribution >= 0.6 is 23.5 Å². The minimum absolute atomic E-state index is 0.747. The molecule has 0 spiro atoms. The summed E-state index contributed by atoms with van der Waals surface area (Å²) in [4.78, 5) is 21.3. The van der Waals surface area contributed by atoms with Crippen molar-refractivity contribution in [1.29, 1.82) is 0 Å². The van der Waals surface area contributed by atoms with E-state index < -0.39 is 0 Å². The number of morpholine rings is 1. The Kier molecular flexibility index (Phi) is 5.49. The molecule has 0 aliphatic carbocycles. The maximum absolute atomic E-state index is 5.48. The second kappa shape index (κ2) is 7.97. The number of rotatable bonds is 3. The van der Waals surface area contributed by atoms with Gasteiger partial charge in [-0.2, -0.15) is 38.5 Å². The standard InChI is InChI=1S/C15H24N6OS2/c1-7-22-8-2-19(1)13-16-14(20-3-9-23-10-4-20)18-15(17-13)21-5-11-24-12-6-21/h1-12H2. The maximum atomic E-state index is 5.48. The lowest BCUT2D eigenvalue weighted by molar-refractivity contribution is 0.122. The van der Waals surface area contributed by atoms with Gasteiger partial charge in [0.15, 0.2) is 0 Å². The Labute approximate surface area is 151 Å². The van der Waals surface area contributed by atoms with Crippen molar-refractivity contribution in [3.8, 4) is 0 Å². The summed E-state index contributed by atoms with van der Waals surface area (Å²) in [5.74, 6) is 7.10. The molecule has 0 unspecified atom stereocenters. The molecule has 0 atom stereocenters. The average Bonchev–Trinajstić information content (AvgIpc) is 2.70. The number of aromatic nitrogens is 3. The van der Waals surface area contributed by atoms with E-state index in [-0.39, 0.29) is 0 Å². The van der Waals surface area contributed by atoms with E-state index in [4.69, 9.17) is 19.7 Å². The summed E-state index contributed by atoms with van der Waals surface area (Å²) in [6.07, 6.45) is 0. The molecule has 3 fully saturated rings. The lowest BCUT2D eigenvalue weighted by Crippen LogP contribution is -2.40. The molecule has 0 amide bonds. The molecule has 9 heteroatoms. The van der Waals surface area contributed by atoms with Crippen LogP contribution in [-0.4, -0.2) is 90.4 Å². The molecule has 3 saturated heterocycles. The van der Waals surface area contributed by atoms with Gasteiger partial charge in [-0.3, -0.25) is 0 Å². The van der Waals surface area contributed by atoms with Crippen LogP contribution in [0.3, 0.4) is 0 Å². The lowest BCUT2D eigenvalue weighted by Gasteiger charge is -2.32. The van der Waals surface area contributed by atoms with Crippen molar-refractivity contribution >= 4 is 41.4 Å². The van der Waals surface area contributed by atoms with E-state index in [0.29, 0.717) is 0 Å². The fraction of sp³-hybridized carbons (Fsp3) is 0.800. The Morgan fingerprint density at radius 1 is 0.583 bits per heavy atom. The van der Waals surface area contributed by atoms with Gasteiger partial charge in [-0.05, 0) is 0 Å². The number of nitrogens with zero attached hydrogens (tertiary/aromatic N) is 6. The molecule has 7 nitrogen and oxygen atoms in total. The molecular formula is C15H24N6OS2. The number of anilines is 3. The quantitative estimate of drug-likeness (QED) is 0.771. The van der Waals surface area contributed by atoms with E-state index in [0.717, 1.165) is 93.3 Å². The topological polar surface area (TPSA) is 57.6 Å². The second-order valence-corrected chi connectivity index (χ2v) is 8.48. The van der Waals surface area contributed by atoms with Crippen LogP contribution < -0.4 is 14.7 Å². The van der Waals surface area contributed by atoms with E-state index in [2.05, 4.69) is 14.7 Å². The molecule has 4 heterocycles. The molecule has 3 aliphatic heterocycles. The molecule has 0 N–H and O–H groups in total. The first-order valence-corrected chi connectivity index (χ1v) is 11.0. The van der Waals surface area contributed by atoms with E-state index >= 15 is 0 Å². The highest BCUT2D eigenvalue weighted by molar-refractivity contribution is 7.99. The zero-order valence-electron chi connectivity index (χ0n) is 13.9. The summed E-state index contributed by atoms with van der Waals surface area (Å²) in [5, 5.41) is 0. The lowest BCUT2D eigenvalue weighted by atomic mass is 10.4. The number of thioether (sulfide) groups is 2. The molecule has 0 saturated carbocycles. The summed E-state index contributed by atoms with van der Waals surface area (Å²) in [6.45, 7) is 7.29. The fourth-order valence-electron chi connectivity index (χ4n) is 3.06. The molecule has 24 heavy (non-hydrogen) atoms. The van der Waals surface area contributed by atoms with Crippen molar-refractivity contribution < 1.29 is 4.74 Å². The van der Waals surface area contributed by atoms with Crippen LogP contribution in [0.1, 0.15) is 0 Å². The third-order valence-electron chi connectivity index (χ3n) is 4.48. The number of hydrogen-bond donors (Lipinski definition) is 0. The van der Waals surface area contributed by atoms with Gasteiger partial charge in [0.2, 0.25) is 17.8 Å². The van der Waals surface area contributed by atoms with Crippen molar-refractivity contribution in [3.63, 3.8) is 0 Å². The van der Waals surface area contributed by atoms with Gasteiger partial charge in [0.05, 0.1) is 13.2 Å². The largest absolute Gasteiger partial charge is 0.378 e. The molecule has 4 rings (SSSR count). The highest BCUT2D eigenvalue weighted by Crippen LogP contribution is 2.23.